The van der Waals surface area contributed by atoms with Crippen LogP contribution in [-0.4, -0.2) is 35.0 Å². The van der Waals surface area contributed by atoms with E-state index in [2.05, 4.69) is 15.3 Å². The zero-order valence-corrected chi connectivity index (χ0v) is 19.9. The second-order valence-corrected chi connectivity index (χ2v) is 9.04. The highest BCUT2D eigenvalue weighted by Crippen LogP contribution is 2.33. The quantitative estimate of drug-likeness (QED) is 0.438. The summed E-state index contributed by atoms with van der Waals surface area (Å²) in [6, 6.07) is 14.1. The zero-order valence-electron chi connectivity index (χ0n) is 19.9. The Balaban J connectivity index is 1.62. The van der Waals surface area contributed by atoms with Crippen LogP contribution in [0.3, 0.4) is 0 Å². The van der Waals surface area contributed by atoms with Crippen LogP contribution in [0.4, 0.5) is 15.9 Å². The van der Waals surface area contributed by atoms with Gasteiger partial charge in [-0.25, -0.2) is 9.37 Å². The molecule has 0 aliphatic carbocycles. The van der Waals surface area contributed by atoms with Gasteiger partial charge in [-0.3, -0.25) is 14.7 Å². The van der Waals surface area contributed by atoms with Crippen LogP contribution in [0.15, 0.2) is 60.9 Å². The number of nitrogens with two attached hydrogens (primary N) is 1. The molecule has 0 saturated carbocycles. The lowest BCUT2D eigenvalue weighted by molar-refractivity contribution is 0.0968. The van der Waals surface area contributed by atoms with Crippen LogP contribution in [0.25, 0.3) is 21.9 Å². The minimum atomic E-state index is -0.596. The topological polar surface area (TPSA) is 84.1 Å². The zero-order chi connectivity index (χ0) is 24.5. The number of nitrogens with zero attached hydrogens (tertiary/aromatic N) is 3. The number of pyridine rings is 2. The van der Waals surface area contributed by atoms with Gasteiger partial charge in [0.05, 0.1) is 11.6 Å². The number of nitrogen functional groups attached to an aromatic ring is 1. The van der Waals surface area contributed by atoms with Crippen LogP contribution in [0.2, 0.25) is 0 Å². The Bertz CT molecular complexity index is 1390. The van der Waals surface area contributed by atoms with Gasteiger partial charge in [0.25, 0.3) is 5.91 Å². The molecule has 3 heterocycles. The molecule has 1 aliphatic rings. The van der Waals surface area contributed by atoms with Crippen molar-refractivity contribution in [2.24, 2.45) is 0 Å². The fourth-order valence-electron chi connectivity index (χ4n) is 4.99. The molecular weight excluding hydrogens is 441 g/mol. The van der Waals surface area contributed by atoms with E-state index in [1.807, 2.05) is 38.1 Å². The van der Waals surface area contributed by atoms with Gasteiger partial charge < -0.3 is 11.1 Å². The molecule has 35 heavy (non-hydrogen) atoms. The fourth-order valence-corrected chi connectivity index (χ4v) is 4.99. The lowest BCUT2D eigenvalue weighted by Crippen LogP contribution is -2.49. The number of hydrogen-bond donors (Lipinski definition) is 2. The number of carbonyl (C=O) groups is 1. The number of aryl methyl sites for hydroxylation is 2. The highest BCUT2D eigenvalue weighted by Gasteiger charge is 2.31. The highest BCUT2D eigenvalue weighted by molar-refractivity contribution is 6.11. The Labute approximate surface area is 204 Å². The Kier molecular flexibility index (Phi) is 6.17. The third-order valence-electron chi connectivity index (χ3n) is 6.72. The monoisotopic (exact) mass is 469 g/mol. The van der Waals surface area contributed by atoms with Gasteiger partial charge >= 0.3 is 0 Å². The second-order valence-electron chi connectivity index (χ2n) is 9.04. The van der Waals surface area contributed by atoms with Gasteiger partial charge in [0, 0.05) is 41.3 Å². The van der Waals surface area contributed by atoms with E-state index in [1.54, 1.807) is 35.5 Å². The first-order valence-corrected chi connectivity index (χ1v) is 11.9. The average Bonchev–Trinajstić information content (AvgIpc) is 2.85. The molecule has 2 aromatic carbocycles. The van der Waals surface area contributed by atoms with Gasteiger partial charge in [-0.15, -0.1) is 0 Å². The van der Waals surface area contributed by atoms with Gasteiger partial charge in [0.1, 0.15) is 11.6 Å². The van der Waals surface area contributed by atoms with Gasteiger partial charge in [0.2, 0.25) is 0 Å². The van der Waals surface area contributed by atoms with Gasteiger partial charge in [-0.05, 0) is 74.0 Å². The Morgan fingerprint density at radius 1 is 1.11 bits per heavy atom. The molecule has 0 spiro atoms. The van der Waals surface area contributed by atoms with Crippen molar-refractivity contribution in [1.29, 1.82) is 0 Å². The van der Waals surface area contributed by atoms with E-state index in [1.165, 1.54) is 6.07 Å². The third kappa shape index (κ3) is 4.23. The number of benzene rings is 2. The minimum absolute atomic E-state index is 0.00632. The average molecular weight is 470 g/mol. The minimum Gasteiger partial charge on any atom is -0.398 e. The van der Waals surface area contributed by atoms with Crippen molar-refractivity contribution in [1.82, 2.24) is 15.3 Å². The summed E-state index contributed by atoms with van der Waals surface area (Å²) in [7, 11) is 0. The number of carbonyl (C=O) groups excluding carboxylic acids is 1. The van der Waals surface area contributed by atoms with Gasteiger partial charge in [-0.2, -0.15) is 0 Å². The van der Waals surface area contributed by atoms with Crippen molar-refractivity contribution in [2.45, 2.75) is 32.7 Å². The molecule has 1 saturated heterocycles. The van der Waals surface area contributed by atoms with Crippen LogP contribution in [0.1, 0.15) is 34.5 Å². The number of piperidine rings is 1. The first-order chi connectivity index (χ1) is 17.0. The number of fused-ring (bicyclic) bond motifs is 1. The lowest BCUT2D eigenvalue weighted by Gasteiger charge is -2.35. The number of anilines is 2. The lowest BCUT2D eigenvalue weighted by atomic mass is 9.98. The summed E-state index contributed by atoms with van der Waals surface area (Å²) in [5.74, 6) is -0.433. The van der Waals surface area contributed by atoms with Crippen molar-refractivity contribution in [2.75, 3.05) is 23.7 Å². The van der Waals surface area contributed by atoms with Crippen molar-refractivity contribution < 1.29 is 9.18 Å². The van der Waals surface area contributed by atoms with Crippen LogP contribution in [0.5, 0.6) is 0 Å². The van der Waals surface area contributed by atoms with Crippen molar-refractivity contribution >= 4 is 28.2 Å². The Morgan fingerprint density at radius 3 is 2.69 bits per heavy atom. The van der Waals surface area contributed by atoms with E-state index in [0.717, 1.165) is 35.7 Å². The van der Waals surface area contributed by atoms with E-state index in [0.29, 0.717) is 34.9 Å². The summed E-state index contributed by atoms with van der Waals surface area (Å²) >= 11 is 0. The maximum atomic E-state index is 15.5. The Hall–Kier alpha value is -3.84. The molecule has 0 unspecified atom stereocenters. The molecule has 1 aliphatic heterocycles. The first-order valence-electron chi connectivity index (χ1n) is 11.9. The third-order valence-corrected chi connectivity index (χ3v) is 6.72. The van der Waals surface area contributed by atoms with E-state index >= 15 is 4.39 Å². The number of rotatable bonds is 4. The molecule has 7 heteroatoms. The number of nitrogens with one attached hydrogen (secondary N) is 1. The van der Waals surface area contributed by atoms with Crippen LogP contribution in [-0.2, 0) is 0 Å². The number of halogens is 1. The molecule has 4 aromatic rings. The molecule has 1 amide bonds. The SMILES string of the molecule is Cc1nccc(N)c1-c1ccc(C(=O)N(c2nccc3cccc(C)c23)[C@@H]2CCCNC2)c(F)c1. The predicted octanol–water partition coefficient (Wildman–Crippen LogP) is 5.03. The van der Waals surface area contributed by atoms with E-state index in [-0.39, 0.29) is 11.6 Å². The van der Waals surface area contributed by atoms with Crippen LogP contribution < -0.4 is 16.0 Å². The molecule has 0 radical (unpaired) electrons. The van der Waals surface area contributed by atoms with Gasteiger partial charge in [-0.1, -0.05) is 24.3 Å². The van der Waals surface area contributed by atoms with Crippen LogP contribution in [0, 0.1) is 19.7 Å². The standard InChI is InChI=1S/C28H28FN5O/c1-17-5-3-6-19-10-13-33-27(25(17)19)34(21-7-4-12-31-16-21)28(35)22-9-8-20(15-23(22)29)26-18(2)32-14-11-24(26)30/h3,5-6,8-11,13-15,21,31H,4,7,12,16H2,1-2H3,(H2,30,32)/t21-/m1/s1. The Morgan fingerprint density at radius 2 is 1.94 bits per heavy atom. The number of aromatic nitrogens is 2. The molecule has 0 bridgehead atoms. The summed E-state index contributed by atoms with van der Waals surface area (Å²) in [6.45, 7) is 5.36. The summed E-state index contributed by atoms with van der Waals surface area (Å²) in [4.78, 5) is 24.6. The van der Waals surface area contributed by atoms with Crippen molar-refractivity contribution in [3.8, 4) is 11.1 Å². The molecule has 5 rings (SSSR count). The van der Waals surface area contributed by atoms with Gasteiger partial charge in [0.15, 0.2) is 0 Å². The summed E-state index contributed by atoms with van der Waals surface area (Å²) < 4.78 is 15.5. The first kappa shape index (κ1) is 22.9. The molecule has 6 nitrogen and oxygen atoms in total. The van der Waals surface area contributed by atoms with Crippen LogP contribution >= 0.6 is 0 Å². The molecule has 1 atom stereocenters. The summed E-state index contributed by atoms with van der Waals surface area (Å²) in [5, 5.41) is 5.28. The van der Waals surface area contributed by atoms with E-state index < -0.39 is 11.7 Å². The van der Waals surface area contributed by atoms with Crippen molar-refractivity contribution in [3.05, 3.63) is 83.6 Å². The number of hydrogen-bond acceptors (Lipinski definition) is 5. The fraction of sp³-hybridized carbons (Fsp3) is 0.250. The molecule has 178 valence electrons. The van der Waals surface area contributed by atoms with E-state index in [4.69, 9.17) is 5.73 Å². The molecule has 3 N–H and O–H groups in total. The maximum absolute atomic E-state index is 15.5. The number of amides is 1. The molecule has 1 fully saturated rings. The molecule has 2 aromatic heterocycles. The smallest absolute Gasteiger partial charge is 0.262 e. The largest absolute Gasteiger partial charge is 0.398 e. The highest BCUT2D eigenvalue weighted by atomic mass is 19.1. The normalized spacial score (nSPS) is 15.8. The maximum Gasteiger partial charge on any atom is 0.262 e. The second kappa shape index (κ2) is 9.43. The summed E-state index contributed by atoms with van der Waals surface area (Å²) in [5.41, 5.74) is 9.64. The predicted molar refractivity (Wildman–Crippen MR) is 138 cm³/mol. The summed E-state index contributed by atoms with van der Waals surface area (Å²) in [6.07, 6.45) is 5.08. The van der Waals surface area contributed by atoms with Crippen molar-refractivity contribution in [3.63, 3.8) is 0 Å². The van der Waals surface area contributed by atoms with E-state index in [9.17, 15) is 4.79 Å². The molecular formula is C28H28FN5O.